The van der Waals surface area contributed by atoms with Gasteiger partial charge in [-0.15, -0.1) is 22.7 Å². The van der Waals surface area contributed by atoms with Gasteiger partial charge in [-0.3, -0.25) is 0 Å². The van der Waals surface area contributed by atoms with Gasteiger partial charge in [-0.1, -0.05) is 0 Å². The van der Waals surface area contributed by atoms with Gasteiger partial charge >= 0.3 is 5.97 Å². The summed E-state index contributed by atoms with van der Waals surface area (Å²) in [5.74, 6) is 0.597. The first-order valence-electron chi connectivity index (χ1n) is 8.10. The van der Waals surface area contributed by atoms with E-state index in [1.807, 2.05) is 13.0 Å². The zero-order valence-electron chi connectivity index (χ0n) is 13.8. The molecule has 4 nitrogen and oxygen atoms in total. The number of benzene rings is 1. The summed E-state index contributed by atoms with van der Waals surface area (Å²) in [6.07, 6.45) is 2.65. The molecule has 1 aliphatic rings. The second kappa shape index (κ2) is 6.70. The molecule has 0 saturated heterocycles. The van der Waals surface area contributed by atoms with E-state index < -0.39 is 0 Å². The van der Waals surface area contributed by atoms with Crippen LogP contribution in [0.15, 0.2) is 22.7 Å². The van der Waals surface area contributed by atoms with E-state index in [4.69, 9.17) is 9.47 Å². The molecule has 1 saturated carbocycles. The lowest BCUT2D eigenvalue weighted by Gasteiger charge is -2.05. The van der Waals surface area contributed by atoms with Crippen molar-refractivity contribution in [1.82, 2.24) is 4.98 Å². The first-order chi connectivity index (χ1) is 12.0. The van der Waals surface area contributed by atoms with Crippen molar-refractivity contribution >= 4 is 54.7 Å². The lowest BCUT2D eigenvalue weighted by Crippen LogP contribution is -2.03. The van der Waals surface area contributed by atoms with Crippen LogP contribution in [0.2, 0.25) is 0 Å². The molecule has 7 heteroatoms. The predicted molar refractivity (Wildman–Crippen MR) is 105 cm³/mol. The molecule has 0 aliphatic heterocycles. The van der Waals surface area contributed by atoms with Gasteiger partial charge in [0.15, 0.2) is 0 Å². The number of aromatic nitrogens is 1. The number of thiophene rings is 1. The number of thiazole rings is 1. The average Bonchev–Trinajstić information content (AvgIpc) is 3.12. The highest BCUT2D eigenvalue weighted by Gasteiger charge is 2.24. The topological polar surface area (TPSA) is 48.4 Å². The smallest absolute Gasteiger partial charge is 0.350 e. The highest BCUT2D eigenvalue weighted by molar-refractivity contribution is 9.10. The number of ether oxygens (including phenoxy) is 2. The van der Waals surface area contributed by atoms with Gasteiger partial charge in [-0.25, -0.2) is 9.78 Å². The summed E-state index contributed by atoms with van der Waals surface area (Å²) in [6, 6.07) is 6.21. The van der Waals surface area contributed by atoms with Crippen molar-refractivity contribution in [1.29, 1.82) is 0 Å². The van der Waals surface area contributed by atoms with Crippen molar-refractivity contribution < 1.29 is 14.3 Å². The number of aryl methyl sites for hydroxylation is 1. The normalized spacial score (nSPS) is 14.0. The molecule has 1 fully saturated rings. The molecule has 0 N–H and O–H groups in total. The van der Waals surface area contributed by atoms with Gasteiger partial charge in [0.05, 0.1) is 23.3 Å². The van der Waals surface area contributed by atoms with Crippen LogP contribution < -0.4 is 4.74 Å². The Morgan fingerprint density at radius 3 is 2.84 bits per heavy atom. The van der Waals surface area contributed by atoms with Crippen LogP contribution in [-0.2, 0) is 4.74 Å². The van der Waals surface area contributed by atoms with Gasteiger partial charge in [-0.2, -0.15) is 0 Å². The van der Waals surface area contributed by atoms with Crippen LogP contribution in [0.1, 0.15) is 35.1 Å². The van der Waals surface area contributed by atoms with Crippen LogP contribution >= 0.6 is 38.6 Å². The molecular formula is C18H16BrNO3S2. The Labute approximate surface area is 161 Å². The number of nitrogens with zero attached hydrogens (tertiary/aromatic N) is 1. The lowest BCUT2D eigenvalue weighted by atomic mass is 10.2. The first kappa shape index (κ1) is 17.0. The minimum atomic E-state index is -0.300. The summed E-state index contributed by atoms with van der Waals surface area (Å²) in [4.78, 5) is 18.2. The minimum absolute atomic E-state index is 0.300. The Morgan fingerprint density at radius 1 is 1.32 bits per heavy atom. The minimum Gasteiger partial charge on any atom is -0.490 e. The number of rotatable bonds is 5. The maximum Gasteiger partial charge on any atom is 0.350 e. The van der Waals surface area contributed by atoms with Crippen LogP contribution in [0.5, 0.6) is 5.75 Å². The van der Waals surface area contributed by atoms with E-state index in [2.05, 4.69) is 33.0 Å². The highest BCUT2D eigenvalue weighted by atomic mass is 79.9. The Hall–Kier alpha value is -1.44. The molecular weight excluding hydrogens is 422 g/mol. The zero-order chi connectivity index (χ0) is 17.6. The van der Waals surface area contributed by atoms with Gasteiger partial charge in [0.25, 0.3) is 0 Å². The van der Waals surface area contributed by atoms with Crippen LogP contribution in [0.3, 0.4) is 0 Å². The predicted octanol–water partition coefficient (Wildman–Crippen LogP) is 5.81. The van der Waals surface area contributed by atoms with Crippen molar-refractivity contribution in [2.24, 2.45) is 0 Å². The highest BCUT2D eigenvalue weighted by Crippen LogP contribution is 2.42. The van der Waals surface area contributed by atoms with E-state index in [0.717, 1.165) is 43.0 Å². The summed E-state index contributed by atoms with van der Waals surface area (Å²) in [7, 11) is 0. The third-order valence-electron chi connectivity index (χ3n) is 3.84. The lowest BCUT2D eigenvalue weighted by molar-refractivity contribution is 0.0531. The number of carbonyl (C=O) groups excluding carboxylic acids is 1. The van der Waals surface area contributed by atoms with E-state index in [-0.39, 0.29) is 5.97 Å². The van der Waals surface area contributed by atoms with Crippen molar-refractivity contribution in [3.05, 3.63) is 33.2 Å². The third-order valence-corrected chi connectivity index (χ3v) is 7.22. The Morgan fingerprint density at radius 2 is 2.12 bits per heavy atom. The first-order valence-corrected chi connectivity index (χ1v) is 10.5. The van der Waals surface area contributed by atoms with Crippen molar-refractivity contribution in [3.8, 4) is 15.6 Å². The summed E-state index contributed by atoms with van der Waals surface area (Å²) >= 11 is 6.69. The van der Waals surface area contributed by atoms with Crippen molar-refractivity contribution in [2.75, 3.05) is 6.61 Å². The van der Waals surface area contributed by atoms with Gasteiger partial charge < -0.3 is 9.47 Å². The Bertz CT molecular complexity index is 959. The molecule has 0 amide bonds. The summed E-state index contributed by atoms with van der Waals surface area (Å²) in [5, 5.41) is 1.97. The second-order valence-electron chi connectivity index (χ2n) is 5.91. The fraction of sp³-hybridized carbons (Fsp3) is 0.333. The summed E-state index contributed by atoms with van der Waals surface area (Å²) < 4.78 is 13.2. The Balaban J connectivity index is 1.70. The maximum absolute atomic E-state index is 12.0. The van der Waals surface area contributed by atoms with E-state index >= 15 is 0 Å². The molecule has 0 bridgehead atoms. The number of hydrogen-bond acceptors (Lipinski definition) is 6. The molecule has 0 spiro atoms. The molecule has 25 heavy (non-hydrogen) atoms. The van der Waals surface area contributed by atoms with E-state index in [9.17, 15) is 4.79 Å². The van der Waals surface area contributed by atoms with Crippen molar-refractivity contribution in [3.63, 3.8) is 0 Å². The number of fused-ring (bicyclic) bond motifs is 1. The Kier molecular flexibility index (Phi) is 4.56. The van der Waals surface area contributed by atoms with Gasteiger partial charge in [-0.05, 0) is 66.2 Å². The standard InChI is InChI=1S/C18H16BrNO3S2/c1-3-22-18(21)15-9(2)20-17(25-15)14-7-10-6-12(23-11-4-5-11)8-13(19)16(10)24-14/h6-8,11H,3-5H2,1-2H3. The SMILES string of the molecule is CCOC(=O)c1sc(-c2cc3cc(OC4CC4)cc(Br)c3s2)nc1C. The average molecular weight is 438 g/mol. The fourth-order valence-electron chi connectivity index (χ4n) is 2.52. The van der Waals surface area contributed by atoms with Crippen LogP contribution in [0.25, 0.3) is 20.0 Å². The number of hydrogen-bond donors (Lipinski definition) is 0. The maximum atomic E-state index is 12.0. The molecule has 0 atom stereocenters. The molecule has 1 aromatic carbocycles. The number of halogens is 1. The second-order valence-corrected chi connectivity index (χ2v) is 8.81. The third kappa shape index (κ3) is 3.45. The molecule has 0 radical (unpaired) electrons. The fourth-order valence-corrected chi connectivity index (χ4v) is 5.27. The molecule has 130 valence electrons. The summed E-state index contributed by atoms with van der Waals surface area (Å²) in [6.45, 7) is 4.02. The monoisotopic (exact) mass is 437 g/mol. The largest absolute Gasteiger partial charge is 0.490 e. The molecule has 2 heterocycles. The van der Waals surface area contributed by atoms with Crippen LogP contribution in [-0.4, -0.2) is 23.7 Å². The molecule has 0 unspecified atom stereocenters. The van der Waals surface area contributed by atoms with Gasteiger partial charge in [0.2, 0.25) is 0 Å². The van der Waals surface area contributed by atoms with Crippen LogP contribution in [0, 0.1) is 6.92 Å². The molecule has 1 aliphatic carbocycles. The van der Waals surface area contributed by atoms with Crippen molar-refractivity contribution in [2.45, 2.75) is 32.8 Å². The summed E-state index contributed by atoms with van der Waals surface area (Å²) in [5.41, 5.74) is 0.715. The molecule has 3 aromatic rings. The zero-order valence-corrected chi connectivity index (χ0v) is 17.0. The quantitative estimate of drug-likeness (QED) is 0.472. The molecule has 2 aromatic heterocycles. The van der Waals surface area contributed by atoms with E-state index in [0.29, 0.717) is 23.3 Å². The number of carbonyl (C=O) groups is 1. The van der Waals surface area contributed by atoms with Gasteiger partial charge in [0.1, 0.15) is 15.6 Å². The van der Waals surface area contributed by atoms with Crippen LogP contribution in [0.4, 0.5) is 0 Å². The van der Waals surface area contributed by atoms with E-state index in [1.165, 1.54) is 11.3 Å². The molecule has 4 rings (SSSR count). The van der Waals surface area contributed by atoms with Gasteiger partial charge in [0, 0.05) is 9.17 Å². The van der Waals surface area contributed by atoms with E-state index in [1.54, 1.807) is 18.3 Å². The number of esters is 1.